The van der Waals surface area contributed by atoms with Crippen molar-refractivity contribution in [3.05, 3.63) is 83.6 Å². The SMILES string of the molecule is CCOc1ncccc1C1(C(=O)NN2CCN(C3CCN(CC)CC3)CC2)C(=O)N(S(=O)(=O)c2ccccc2)c2cc(F)c(F)cc21. The summed E-state index contributed by atoms with van der Waals surface area (Å²) in [5, 5.41) is 1.68. The average Bonchev–Trinajstić information content (AvgIpc) is 3.34. The molecule has 0 saturated carbocycles. The fraction of sp³-hybridized carbons (Fsp3) is 0.424. The molecule has 11 nitrogen and oxygen atoms in total. The van der Waals surface area contributed by atoms with E-state index >= 15 is 4.39 Å². The van der Waals surface area contributed by atoms with Crippen molar-refractivity contribution in [3.63, 3.8) is 0 Å². The average molecular weight is 669 g/mol. The molecule has 1 aromatic heterocycles. The molecule has 2 fully saturated rings. The van der Waals surface area contributed by atoms with Gasteiger partial charge in [0.25, 0.3) is 21.8 Å². The van der Waals surface area contributed by atoms with E-state index in [4.69, 9.17) is 4.74 Å². The van der Waals surface area contributed by atoms with Gasteiger partial charge in [-0.25, -0.2) is 31.5 Å². The third kappa shape index (κ3) is 5.77. The van der Waals surface area contributed by atoms with E-state index in [1.807, 2.05) is 0 Å². The number of piperidine rings is 1. The number of amides is 2. The van der Waals surface area contributed by atoms with Gasteiger partial charge >= 0.3 is 0 Å². The molecular weight excluding hydrogens is 630 g/mol. The molecule has 6 rings (SSSR count). The van der Waals surface area contributed by atoms with Gasteiger partial charge in [-0.2, -0.15) is 0 Å². The molecule has 3 aliphatic rings. The lowest BCUT2D eigenvalue weighted by atomic mass is 9.74. The van der Waals surface area contributed by atoms with Gasteiger partial charge in [-0.3, -0.25) is 19.9 Å². The van der Waals surface area contributed by atoms with Gasteiger partial charge in [0.05, 0.1) is 17.2 Å². The maximum atomic E-state index is 15.1. The van der Waals surface area contributed by atoms with Crippen LogP contribution in [0.15, 0.2) is 65.7 Å². The Hall–Kier alpha value is -3.98. The summed E-state index contributed by atoms with van der Waals surface area (Å²) in [6.07, 6.45) is 3.52. The number of sulfonamides is 1. The van der Waals surface area contributed by atoms with Crippen LogP contribution in [0.5, 0.6) is 5.88 Å². The maximum absolute atomic E-state index is 15.1. The largest absolute Gasteiger partial charge is 0.478 e. The van der Waals surface area contributed by atoms with Crippen molar-refractivity contribution in [3.8, 4) is 5.88 Å². The lowest BCUT2D eigenvalue weighted by Crippen LogP contribution is -2.61. The van der Waals surface area contributed by atoms with Crippen LogP contribution in [0.1, 0.15) is 37.8 Å². The number of halogens is 2. The number of ether oxygens (including phenoxy) is 1. The third-order valence-electron chi connectivity index (χ3n) is 9.34. The second-order valence-corrected chi connectivity index (χ2v) is 13.6. The molecule has 1 atom stereocenters. The summed E-state index contributed by atoms with van der Waals surface area (Å²) in [5.41, 5.74) is -0.550. The Balaban J connectivity index is 1.41. The zero-order chi connectivity index (χ0) is 33.3. The van der Waals surface area contributed by atoms with Crippen molar-refractivity contribution in [2.24, 2.45) is 0 Å². The van der Waals surface area contributed by atoms with Crippen LogP contribution in [0.2, 0.25) is 0 Å². The van der Waals surface area contributed by atoms with Gasteiger partial charge in [0.15, 0.2) is 17.0 Å². The van der Waals surface area contributed by atoms with Crippen LogP contribution < -0.4 is 14.5 Å². The number of fused-ring (bicyclic) bond motifs is 1. The molecule has 3 aromatic rings. The van der Waals surface area contributed by atoms with Gasteiger partial charge in [-0.1, -0.05) is 31.2 Å². The first kappa shape index (κ1) is 32.9. The number of pyridine rings is 1. The molecule has 0 aliphatic carbocycles. The minimum atomic E-state index is -4.70. The number of aromatic nitrogens is 1. The topological polar surface area (TPSA) is 115 Å². The number of anilines is 1. The number of carbonyl (C=O) groups excluding carboxylic acids is 2. The second-order valence-electron chi connectivity index (χ2n) is 11.8. The monoisotopic (exact) mass is 668 g/mol. The first-order valence-electron chi connectivity index (χ1n) is 15.9. The summed E-state index contributed by atoms with van der Waals surface area (Å²) < 4.78 is 64.2. The van der Waals surface area contributed by atoms with Gasteiger partial charge in [-0.05, 0) is 63.7 Å². The maximum Gasteiger partial charge on any atom is 0.270 e. The minimum Gasteiger partial charge on any atom is -0.478 e. The van der Waals surface area contributed by atoms with Crippen LogP contribution in [0.4, 0.5) is 14.5 Å². The van der Waals surface area contributed by atoms with Gasteiger partial charge in [0.2, 0.25) is 5.88 Å². The first-order valence-corrected chi connectivity index (χ1v) is 17.3. The lowest BCUT2D eigenvalue weighted by Gasteiger charge is -2.43. The Morgan fingerprint density at radius 2 is 1.64 bits per heavy atom. The third-order valence-corrected chi connectivity index (χ3v) is 11.1. The molecule has 1 N–H and O–H groups in total. The molecule has 2 aromatic carbocycles. The standard InChI is InChI=1S/C33H38F2N6O5S/c1-3-38-15-12-23(13-16-38)39-17-19-40(20-18-39)37-31(42)33(25-11-8-14-36-30(25)46-4-2)26-21-27(34)28(35)22-29(26)41(32(33)43)47(44,45)24-9-6-5-7-10-24/h5-11,14,21-23H,3-4,12-13,15-20H2,1-2H3,(H,37,42). The Morgan fingerprint density at radius 1 is 0.957 bits per heavy atom. The number of carbonyl (C=O) groups is 2. The molecule has 4 heterocycles. The van der Waals surface area contributed by atoms with Crippen LogP contribution in [0, 0.1) is 11.6 Å². The highest BCUT2D eigenvalue weighted by molar-refractivity contribution is 7.93. The zero-order valence-corrected chi connectivity index (χ0v) is 27.2. The van der Waals surface area contributed by atoms with Gasteiger partial charge in [-0.15, -0.1) is 0 Å². The van der Waals surface area contributed by atoms with E-state index in [-0.39, 0.29) is 28.5 Å². The predicted molar refractivity (Wildman–Crippen MR) is 170 cm³/mol. The van der Waals surface area contributed by atoms with Crippen molar-refractivity contribution >= 4 is 27.5 Å². The molecule has 0 spiro atoms. The summed E-state index contributed by atoms with van der Waals surface area (Å²) in [7, 11) is -4.70. The van der Waals surface area contributed by atoms with Crippen molar-refractivity contribution in [1.82, 2.24) is 25.2 Å². The van der Waals surface area contributed by atoms with Gasteiger partial charge < -0.3 is 9.64 Å². The van der Waals surface area contributed by atoms with Gasteiger partial charge in [0.1, 0.15) is 0 Å². The van der Waals surface area contributed by atoms with Crippen molar-refractivity contribution in [2.45, 2.75) is 43.0 Å². The normalized spacial score (nSPS) is 21.5. The van der Waals surface area contributed by atoms with Gasteiger partial charge in [0, 0.05) is 55.6 Å². The van der Waals surface area contributed by atoms with E-state index in [2.05, 4.69) is 27.1 Å². The van der Waals surface area contributed by atoms with Crippen molar-refractivity contribution in [1.29, 1.82) is 0 Å². The molecule has 2 amide bonds. The molecule has 47 heavy (non-hydrogen) atoms. The second kappa shape index (κ2) is 13.3. The molecule has 0 bridgehead atoms. The number of hydrogen-bond acceptors (Lipinski definition) is 9. The zero-order valence-electron chi connectivity index (χ0n) is 26.4. The highest BCUT2D eigenvalue weighted by Gasteiger charge is 2.63. The number of hydrazine groups is 1. The summed E-state index contributed by atoms with van der Waals surface area (Å²) in [6.45, 7) is 9.25. The molecule has 1 unspecified atom stereocenters. The van der Waals surface area contributed by atoms with Crippen molar-refractivity contribution < 1.29 is 31.5 Å². The number of nitrogens with zero attached hydrogens (tertiary/aromatic N) is 5. The highest BCUT2D eigenvalue weighted by Crippen LogP contribution is 2.51. The molecular formula is C33H38F2N6O5S. The number of nitrogens with one attached hydrogen (secondary N) is 1. The Bertz CT molecular complexity index is 1750. The predicted octanol–water partition coefficient (Wildman–Crippen LogP) is 2.91. The fourth-order valence-corrected chi connectivity index (χ4v) is 8.35. The van der Waals surface area contributed by atoms with E-state index < -0.39 is 44.6 Å². The lowest BCUT2D eigenvalue weighted by molar-refractivity contribution is -0.137. The van der Waals surface area contributed by atoms with Crippen molar-refractivity contribution in [2.75, 3.05) is 56.7 Å². The molecule has 3 aliphatic heterocycles. The molecule has 250 valence electrons. The number of likely N-dealkylation sites (tertiary alicyclic amines) is 1. The Labute approximate surface area is 273 Å². The molecule has 14 heteroatoms. The number of benzene rings is 2. The Morgan fingerprint density at radius 3 is 2.30 bits per heavy atom. The smallest absolute Gasteiger partial charge is 0.270 e. The van der Waals surface area contributed by atoms with Crippen LogP contribution in [-0.2, 0) is 25.0 Å². The number of rotatable bonds is 9. The first-order chi connectivity index (χ1) is 22.6. The number of piperazine rings is 1. The fourth-order valence-electron chi connectivity index (χ4n) is 6.88. The van der Waals surface area contributed by atoms with E-state index in [0.29, 0.717) is 48.7 Å². The van der Waals surface area contributed by atoms with Crippen LogP contribution in [-0.4, -0.2) is 98.5 Å². The minimum absolute atomic E-state index is 0.0938. The summed E-state index contributed by atoms with van der Waals surface area (Å²) >= 11 is 0. The number of hydrogen-bond donors (Lipinski definition) is 1. The van der Waals surface area contributed by atoms with E-state index in [0.717, 1.165) is 32.5 Å². The van der Waals surface area contributed by atoms with E-state index in [1.165, 1.54) is 42.6 Å². The van der Waals surface area contributed by atoms with E-state index in [9.17, 15) is 22.4 Å². The van der Waals surface area contributed by atoms with Crippen LogP contribution in [0.25, 0.3) is 0 Å². The van der Waals surface area contributed by atoms with E-state index in [1.54, 1.807) is 18.0 Å². The molecule has 0 radical (unpaired) electrons. The van der Waals surface area contributed by atoms with Crippen LogP contribution >= 0.6 is 0 Å². The summed E-state index contributed by atoms with van der Waals surface area (Å²) in [5.74, 6) is -5.00. The van der Waals surface area contributed by atoms with Crippen LogP contribution in [0.3, 0.4) is 0 Å². The summed E-state index contributed by atoms with van der Waals surface area (Å²) in [4.78, 5) is 38.3. The molecule has 2 saturated heterocycles. The quantitative estimate of drug-likeness (QED) is 0.344. The highest BCUT2D eigenvalue weighted by atomic mass is 32.2. The summed E-state index contributed by atoms with van der Waals surface area (Å²) in [6, 6.07) is 11.8. The Kier molecular flexibility index (Phi) is 9.29.